The molecule has 0 aliphatic carbocycles. The molecular weight excluding hydrogens is 354 g/mol. The first-order valence-electron chi connectivity index (χ1n) is 8.56. The van der Waals surface area contributed by atoms with Gasteiger partial charge in [0.2, 0.25) is 18.1 Å². The molecule has 1 aliphatic heterocycles. The summed E-state index contributed by atoms with van der Waals surface area (Å²) in [7, 11) is 1.52. The Balaban J connectivity index is 1.91. The van der Waals surface area contributed by atoms with Crippen molar-refractivity contribution in [2.75, 3.05) is 33.5 Å². The summed E-state index contributed by atoms with van der Waals surface area (Å²) in [6.07, 6.45) is 1.48. The van der Waals surface area contributed by atoms with Crippen LogP contribution < -0.4 is 20.2 Å². The van der Waals surface area contributed by atoms with Crippen LogP contribution in [0.15, 0.2) is 23.1 Å². The summed E-state index contributed by atoms with van der Waals surface area (Å²) in [6, 6.07) is 3.29. The minimum Gasteiger partial charge on any atom is -0.454 e. The normalized spacial score (nSPS) is 12.3. The molecule has 2 aromatic rings. The fourth-order valence-electron chi connectivity index (χ4n) is 2.86. The molecule has 1 aliphatic rings. The van der Waals surface area contributed by atoms with Crippen molar-refractivity contribution in [2.45, 2.75) is 13.5 Å². The number of amides is 2. The number of rotatable bonds is 6. The molecule has 27 heavy (non-hydrogen) atoms. The van der Waals surface area contributed by atoms with Gasteiger partial charge in [-0.1, -0.05) is 0 Å². The number of ether oxygens (including phenoxy) is 2. The smallest absolute Gasteiger partial charge is 0.257 e. The lowest BCUT2D eigenvalue weighted by molar-refractivity contribution is -0.129. The van der Waals surface area contributed by atoms with Crippen LogP contribution in [0.1, 0.15) is 17.3 Å². The van der Waals surface area contributed by atoms with E-state index in [0.717, 1.165) is 0 Å². The Morgan fingerprint density at radius 2 is 2.00 bits per heavy atom. The quantitative estimate of drug-likeness (QED) is 0.731. The standard InChI is InChI=1S/C18H21N3O6/c1-3-21-9-12(18(25)19-8-16(23)20(2)4-5-22)17(24)11-6-14-15(7-13(11)21)27-10-26-14/h6-7,9,22H,3-5,8,10H2,1-2H3,(H,19,25). The van der Waals surface area contributed by atoms with Gasteiger partial charge < -0.3 is 29.4 Å². The summed E-state index contributed by atoms with van der Waals surface area (Å²) in [5.74, 6) is 0.0179. The summed E-state index contributed by atoms with van der Waals surface area (Å²) < 4.78 is 12.4. The summed E-state index contributed by atoms with van der Waals surface area (Å²) >= 11 is 0. The van der Waals surface area contributed by atoms with Crippen molar-refractivity contribution in [1.82, 2.24) is 14.8 Å². The lowest BCUT2D eigenvalue weighted by Gasteiger charge is -2.16. The molecule has 9 nitrogen and oxygen atoms in total. The Hall–Kier alpha value is -3.07. The molecule has 1 aromatic heterocycles. The maximum Gasteiger partial charge on any atom is 0.257 e. The highest BCUT2D eigenvalue weighted by molar-refractivity contribution is 5.99. The van der Waals surface area contributed by atoms with Gasteiger partial charge in [-0.3, -0.25) is 14.4 Å². The van der Waals surface area contributed by atoms with Gasteiger partial charge in [0.15, 0.2) is 11.5 Å². The first kappa shape index (κ1) is 18.7. The van der Waals surface area contributed by atoms with Gasteiger partial charge in [0, 0.05) is 32.4 Å². The maximum absolute atomic E-state index is 12.8. The summed E-state index contributed by atoms with van der Waals surface area (Å²) in [5.41, 5.74) is 0.143. The van der Waals surface area contributed by atoms with Crippen LogP contribution in [-0.4, -0.2) is 59.9 Å². The molecular formula is C18H21N3O6. The highest BCUT2D eigenvalue weighted by Crippen LogP contribution is 2.35. The van der Waals surface area contributed by atoms with E-state index in [1.54, 1.807) is 16.7 Å². The monoisotopic (exact) mass is 375 g/mol. The van der Waals surface area contributed by atoms with Gasteiger partial charge in [-0.05, 0) is 13.0 Å². The minimum absolute atomic E-state index is 0.0548. The molecule has 144 valence electrons. The molecule has 3 rings (SSSR count). The van der Waals surface area contributed by atoms with Crippen LogP contribution in [0, 0.1) is 0 Å². The molecule has 0 atom stereocenters. The van der Waals surface area contributed by atoms with Crippen LogP contribution in [-0.2, 0) is 11.3 Å². The zero-order valence-corrected chi connectivity index (χ0v) is 15.2. The highest BCUT2D eigenvalue weighted by Gasteiger charge is 2.21. The van der Waals surface area contributed by atoms with Gasteiger partial charge in [0.1, 0.15) is 5.56 Å². The molecule has 0 bridgehead atoms. The predicted octanol–water partition coefficient (Wildman–Crippen LogP) is -0.0694. The maximum atomic E-state index is 12.8. The first-order valence-corrected chi connectivity index (χ1v) is 8.56. The Morgan fingerprint density at radius 3 is 2.67 bits per heavy atom. The Kier molecular flexibility index (Phi) is 5.31. The van der Waals surface area contributed by atoms with Gasteiger partial charge in [0.05, 0.1) is 24.1 Å². The molecule has 2 amide bonds. The van der Waals surface area contributed by atoms with E-state index in [-0.39, 0.29) is 38.0 Å². The van der Waals surface area contributed by atoms with Crippen LogP contribution in [0.4, 0.5) is 0 Å². The van der Waals surface area contributed by atoms with Gasteiger partial charge >= 0.3 is 0 Å². The molecule has 2 heterocycles. The summed E-state index contributed by atoms with van der Waals surface area (Å²) in [4.78, 5) is 38.5. The largest absolute Gasteiger partial charge is 0.454 e. The van der Waals surface area contributed by atoms with E-state index in [1.165, 1.54) is 18.1 Å². The number of carbonyl (C=O) groups excluding carboxylic acids is 2. The Labute approximate surface area is 155 Å². The van der Waals surface area contributed by atoms with Crippen LogP contribution in [0.3, 0.4) is 0 Å². The topological polar surface area (TPSA) is 110 Å². The van der Waals surface area contributed by atoms with Crippen molar-refractivity contribution in [1.29, 1.82) is 0 Å². The van der Waals surface area contributed by atoms with Crippen LogP contribution in [0.25, 0.3) is 10.9 Å². The second-order valence-corrected chi connectivity index (χ2v) is 6.10. The van der Waals surface area contributed by atoms with Crippen LogP contribution >= 0.6 is 0 Å². The number of fused-ring (bicyclic) bond motifs is 2. The van der Waals surface area contributed by atoms with Gasteiger partial charge in [-0.2, -0.15) is 0 Å². The lowest BCUT2D eigenvalue weighted by atomic mass is 10.1. The minimum atomic E-state index is -0.632. The zero-order chi connectivity index (χ0) is 19.6. The summed E-state index contributed by atoms with van der Waals surface area (Å²) in [6.45, 7) is 2.25. The number of carbonyl (C=O) groups is 2. The van der Waals surface area contributed by atoms with Crippen LogP contribution in [0.2, 0.25) is 0 Å². The molecule has 9 heteroatoms. The van der Waals surface area contributed by atoms with E-state index in [0.29, 0.717) is 28.9 Å². The second kappa shape index (κ2) is 7.67. The number of aromatic nitrogens is 1. The van der Waals surface area contributed by atoms with E-state index >= 15 is 0 Å². The first-order chi connectivity index (χ1) is 13.0. The number of aliphatic hydroxyl groups excluding tert-OH is 1. The van der Waals surface area contributed by atoms with Crippen molar-refractivity contribution in [3.8, 4) is 11.5 Å². The van der Waals surface area contributed by atoms with Crippen molar-refractivity contribution in [3.63, 3.8) is 0 Å². The third-order valence-corrected chi connectivity index (χ3v) is 4.42. The average molecular weight is 375 g/mol. The third-order valence-electron chi connectivity index (χ3n) is 4.42. The molecule has 0 fully saturated rings. The lowest BCUT2D eigenvalue weighted by Crippen LogP contribution is -2.40. The molecule has 1 aromatic carbocycles. The Bertz CT molecular complexity index is 952. The molecule has 0 radical (unpaired) electrons. The highest BCUT2D eigenvalue weighted by atomic mass is 16.7. The summed E-state index contributed by atoms with van der Waals surface area (Å²) in [5, 5.41) is 11.7. The third kappa shape index (κ3) is 3.59. The van der Waals surface area contributed by atoms with E-state index in [4.69, 9.17) is 14.6 Å². The van der Waals surface area contributed by atoms with E-state index in [9.17, 15) is 14.4 Å². The second-order valence-electron chi connectivity index (χ2n) is 6.10. The van der Waals surface area contributed by atoms with Crippen molar-refractivity contribution >= 4 is 22.7 Å². The number of nitrogens with one attached hydrogen (secondary N) is 1. The number of likely N-dealkylation sites (N-methyl/N-ethyl adjacent to an activating group) is 1. The zero-order valence-electron chi connectivity index (χ0n) is 15.2. The van der Waals surface area contributed by atoms with Crippen LogP contribution in [0.5, 0.6) is 11.5 Å². The predicted molar refractivity (Wildman–Crippen MR) is 97.1 cm³/mol. The number of nitrogens with zero attached hydrogens (tertiary/aromatic N) is 2. The van der Waals surface area contributed by atoms with Crippen molar-refractivity contribution in [3.05, 3.63) is 34.1 Å². The van der Waals surface area contributed by atoms with E-state index < -0.39 is 11.3 Å². The molecule has 0 spiro atoms. The number of benzene rings is 1. The number of aryl methyl sites for hydroxylation is 1. The molecule has 0 saturated heterocycles. The average Bonchev–Trinajstić information content (AvgIpc) is 3.12. The SMILES string of the molecule is CCn1cc(C(=O)NCC(=O)N(C)CCO)c(=O)c2cc3c(cc21)OCO3. The number of aliphatic hydroxyl groups is 1. The van der Waals surface area contributed by atoms with Crippen molar-refractivity contribution < 1.29 is 24.2 Å². The van der Waals surface area contributed by atoms with E-state index in [2.05, 4.69) is 5.32 Å². The van der Waals surface area contributed by atoms with Gasteiger partial charge in [0.25, 0.3) is 5.91 Å². The fourth-order valence-corrected chi connectivity index (χ4v) is 2.86. The van der Waals surface area contributed by atoms with Gasteiger partial charge in [-0.15, -0.1) is 0 Å². The van der Waals surface area contributed by atoms with Gasteiger partial charge in [-0.25, -0.2) is 0 Å². The fraction of sp³-hybridized carbons (Fsp3) is 0.389. The number of pyridine rings is 1. The van der Waals surface area contributed by atoms with E-state index in [1.807, 2.05) is 6.92 Å². The molecule has 2 N–H and O–H groups in total. The number of hydrogen-bond donors (Lipinski definition) is 2. The Morgan fingerprint density at radius 1 is 1.30 bits per heavy atom. The number of hydrogen-bond acceptors (Lipinski definition) is 6. The molecule has 0 saturated carbocycles. The molecule has 0 unspecified atom stereocenters. The van der Waals surface area contributed by atoms with Crippen molar-refractivity contribution in [2.24, 2.45) is 0 Å².